The minimum atomic E-state index is -0.340. The second kappa shape index (κ2) is 8.79. The van der Waals surface area contributed by atoms with E-state index < -0.39 is 0 Å². The Morgan fingerprint density at radius 3 is 2.74 bits per heavy atom. The predicted molar refractivity (Wildman–Crippen MR) is 99.6 cm³/mol. The Kier molecular flexibility index (Phi) is 5.98. The Bertz CT molecular complexity index is 922. The van der Waals surface area contributed by atoms with Crippen molar-refractivity contribution in [3.63, 3.8) is 0 Å². The summed E-state index contributed by atoms with van der Waals surface area (Å²) >= 11 is 0. The maximum Gasteiger partial charge on any atom is 0.271 e. The third-order valence-corrected chi connectivity index (χ3v) is 3.81. The molecule has 1 atom stereocenters. The lowest BCUT2D eigenvalue weighted by molar-refractivity contribution is 0.0928. The summed E-state index contributed by atoms with van der Waals surface area (Å²) in [7, 11) is 0. The van der Waals surface area contributed by atoms with Gasteiger partial charge in [-0.15, -0.1) is 0 Å². The van der Waals surface area contributed by atoms with Crippen molar-refractivity contribution in [2.75, 3.05) is 6.61 Å². The van der Waals surface area contributed by atoms with Gasteiger partial charge in [0.25, 0.3) is 11.5 Å². The number of hydrogen-bond acceptors (Lipinski definition) is 5. The molecule has 0 saturated heterocycles. The summed E-state index contributed by atoms with van der Waals surface area (Å²) < 4.78 is 8.55. The van der Waals surface area contributed by atoms with Crippen LogP contribution in [-0.2, 0) is 13.1 Å². The summed E-state index contributed by atoms with van der Waals surface area (Å²) in [5.74, 6) is 0.374. The number of rotatable bonds is 8. The number of amides is 1. The lowest BCUT2D eigenvalue weighted by atomic mass is 10.3. The van der Waals surface area contributed by atoms with E-state index in [2.05, 4.69) is 15.5 Å². The second-order valence-corrected chi connectivity index (χ2v) is 6.04. The summed E-state index contributed by atoms with van der Waals surface area (Å²) in [5, 5.41) is 11.1. The van der Waals surface area contributed by atoms with Gasteiger partial charge < -0.3 is 10.1 Å². The van der Waals surface area contributed by atoms with E-state index in [0.29, 0.717) is 12.3 Å². The van der Waals surface area contributed by atoms with Gasteiger partial charge in [-0.2, -0.15) is 10.2 Å². The van der Waals surface area contributed by atoms with Crippen molar-refractivity contribution in [2.45, 2.75) is 26.1 Å². The molecule has 0 radical (unpaired) electrons. The Morgan fingerprint density at radius 2 is 2.00 bits per heavy atom. The smallest absolute Gasteiger partial charge is 0.271 e. The van der Waals surface area contributed by atoms with Crippen molar-refractivity contribution in [1.29, 1.82) is 0 Å². The fraction of sp³-hybridized carbons (Fsp3) is 0.263. The van der Waals surface area contributed by atoms with Gasteiger partial charge in [0, 0.05) is 24.5 Å². The second-order valence-electron chi connectivity index (χ2n) is 6.04. The Morgan fingerprint density at radius 1 is 1.19 bits per heavy atom. The molecule has 140 valence electrons. The molecule has 0 aliphatic heterocycles. The van der Waals surface area contributed by atoms with E-state index >= 15 is 0 Å². The van der Waals surface area contributed by atoms with Crippen LogP contribution in [0.25, 0.3) is 0 Å². The molecule has 1 aromatic carbocycles. The van der Waals surface area contributed by atoms with Crippen LogP contribution in [0.5, 0.6) is 5.75 Å². The van der Waals surface area contributed by atoms with Gasteiger partial charge in [-0.25, -0.2) is 4.68 Å². The number of carbonyl (C=O) groups is 1. The van der Waals surface area contributed by atoms with Crippen molar-refractivity contribution in [3.05, 3.63) is 77.0 Å². The topological polar surface area (TPSA) is 91.0 Å². The van der Waals surface area contributed by atoms with Crippen LogP contribution < -0.4 is 15.6 Å². The molecule has 0 saturated carbocycles. The SMILES string of the molecule is CC(Cn1cccn1)NC(=O)c1ccc(=O)n(CCOc2ccccc2)n1. The minimum absolute atomic E-state index is 0.138. The molecule has 8 heteroatoms. The van der Waals surface area contributed by atoms with Crippen LogP contribution in [0, 0.1) is 0 Å². The van der Waals surface area contributed by atoms with E-state index in [9.17, 15) is 9.59 Å². The van der Waals surface area contributed by atoms with Crippen LogP contribution >= 0.6 is 0 Å². The number of carbonyl (C=O) groups excluding carboxylic acids is 1. The third-order valence-electron chi connectivity index (χ3n) is 3.81. The van der Waals surface area contributed by atoms with E-state index in [0.717, 1.165) is 0 Å². The number of hydrogen-bond donors (Lipinski definition) is 1. The standard InChI is InChI=1S/C19H21N5O3/c1-15(14-23-11-5-10-20-23)21-19(26)17-8-9-18(25)24(22-17)12-13-27-16-6-3-2-4-7-16/h2-11,15H,12-14H2,1H3,(H,21,26). The fourth-order valence-electron chi connectivity index (χ4n) is 2.53. The largest absolute Gasteiger partial charge is 0.492 e. The quantitative estimate of drug-likeness (QED) is 0.649. The van der Waals surface area contributed by atoms with E-state index in [1.165, 1.54) is 16.8 Å². The first-order chi connectivity index (χ1) is 13.1. The summed E-state index contributed by atoms with van der Waals surface area (Å²) in [4.78, 5) is 24.4. The molecule has 0 bridgehead atoms. The van der Waals surface area contributed by atoms with Crippen LogP contribution in [0.15, 0.2) is 65.7 Å². The van der Waals surface area contributed by atoms with Gasteiger partial charge in [-0.05, 0) is 31.2 Å². The zero-order valence-corrected chi connectivity index (χ0v) is 15.0. The lowest BCUT2D eigenvalue weighted by Crippen LogP contribution is -2.37. The van der Waals surface area contributed by atoms with Gasteiger partial charge in [-0.1, -0.05) is 18.2 Å². The number of ether oxygens (including phenoxy) is 1. The van der Waals surface area contributed by atoms with Crippen LogP contribution in [0.1, 0.15) is 17.4 Å². The summed E-state index contributed by atoms with van der Waals surface area (Å²) in [6, 6.07) is 13.8. The van der Waals surface area contributed by atoms with Gasteiger partial charge in [-0.3, -0.25) is 14.3 Å². The lowest BCUT2D eigenvalue weighted by Gasteiger charge is -2.14. The molecule has 1 unspecified atom stereocenters. The van der Waals surface area contributed by atoms with Crippen molar-refractivity contribution in [2.24, 2.45) is 0 Å². The molecule has 8 nitrogen and oxygen atoms in total. The van der Waals surface area contributed by atoms with Crippen molar-refractivity contribution >= 4 is 5.91 Å². The third kappa shape index (κ3) is 5.27. The van der Waals surface area contributed by atoms with Crippen molar-refractivity contribution in [1.82, 2.24) is 24.9 Å². The van der Waals surface area contributed by atoms with Crippen LogP contribution in [-0.4, -0.2) is 38.1 Å². The highest BCUT2D eigenvalue weighted by Crippen LogP contribution is 2.07. The van der Waals surface area contributed by atoms with Gasteiger partial charge in [0.1, 0.15) is 18.1 Å². The molecule has 0 aliphatic rings. The maximum atomic E-state index is 12.4. The molecule has 0 spiro atoms. The van der Waals surface area contributed by atoms with Crippen LogP contribution in [0.3, 0.4) is 0 Å². The summed E-state index contributed by atoms with van der Waals surface area (Å²) in [6.07, 6.45) is 3.51. The molecule has 3 aromatic rings. The average molecular weight is 367 g/mol. The van der Waals surface area contributed by atoms with Gasteiger partial charge in [0.2, 0.25) is 0 Å². The Balaban J connectivity index is 1.58. The Hall–Kier alpha value is -3.42. The number of nitrogens with zero attached hydrogens (tertiary/aromatic N) is 4. The molecule has 2 aromatic heterocycles. The normalized spacial score (nSPS) is 11.7. The monoisotopic (exact) mass is 367 g/mol. The highest BCUT2D eigenvalue weighted by atomic mass is 16.5. The molecule has 1 N–H and O–H groups in total. The molecular formula is C19H21N5O3. The highest BCUT2D eigenvalue weighted by Gasteiger charge is 2.13. The molecule has 0 aliphatic carbocycles. The first-order valence-electron chi connectivity index (χ1n) is 8.66. The number of nitrogens with one attached hydrogen (secondary N) is 1. The predicted octanol–water partition coefficient (Wildman–Crippen LogP) is 1.34. The van der Waals surface area contributed by atoms with Crippen molar-refractivity contribution in [3.8, 4) is 5.75 Å². The highest BCUT2D eigenvalue weighted by molar-refractivity contribution is 5.92. The number of para-hydroxylation sites is 1. The molecule has 0 fully saturated rings. The van der Waals surface area contributed by atoms with Gasteiger partial charge in [0.15, 0.2) is 0 Å². The summed E-state index contributed by atoms with van der Waals surface area (Å²) in [6.45, 7) is 2.95. The van der Waals surface area contributed by atoms with Crippen LogP contribution in [0.2, 0.25) is 0 Å². The van der Waals surface area contributed by atoms with E-state index in [4.69, 9.17) is 4.74 Å². The number of aromatic nitrogens is 4. The average Bonchev–Trinajstić information content (AvgIpc) is 3.17. The zero-order chi connectivity index (χ0) is 19.1. The van der Waals surface area contributed by atoms with E-state index in [1.54, 1.807) is 10.9 Å². The fourth-order valence-corrected chi connectivity index (χ4v) is 2.53. The minimum Gasteiger partial charge on any atom is -0.492 e. The molecular weight excluding hydrogens is 346 g/mol. The van der Waals surface area contributed by atoms with Gasteiger partial charge in [0.05, 0.1) is 13.1 Å². The van der Waals surface area contributed by atoms with E-state index in [1.807, 2.05) is 49.5 Å². The first-order valence-corrected chi connectivity index (χ1v) is 8.66. The summed E-state index contributed by atoms with van der Waals surface area (Å²) in [5.41, 5.74) is -0.102. The molecule has 3 rings (SSSR count). The molecule has 27 heavy (non-hydrogen) atoms. The first kappa shape index (κ1) is 18.4. The Labute approximate surface area is 156 Å². The maximum absolute atomic E-state index is 12.4. The molecule has 2 heterocycles. The van der Waals surface area contributed by atoms with Gasteiger partial charge >= 0.3 is 0 Å². The molecule has 1 amide bonds. The zero-order valence-electron chi connectivity index (χ0n) is 15.0. The van der Waals surface area contributed by atoms with Crippen molar-refractivity contribution < 1.29 is 9.53 Å². The van der Waals surface area contributed by atoms with Crippen LogP contribution in [0.4, 0.5) is 0 Å². The van der Waals surface area contributed by atoms with E-state index in [-0.39, 0.29) is 36.4 Å². The number of benzene rings is 1.